The van der Waals surface area contributed by atoms with Crippen molar-refractivity contribution in [3.8, 4) is 11.3 Å². The number of hydrogen-bond acceptors (Lipinski definition) is 4. The Morgan fingerprint density at radius 2 is 1.97 bits per heavy atom. The number of nitrogens with one attached hydrogen (secondary N) is 1. The first kappa shape index (κ1) is 23.8. The second kappa shape index (κ2) is 10.6. The summed E-state index contributed by atoms with van der Waals surface area (Å²) in [6, 6.07) is 9.13. The minimum atomic E-state index is -0.273. The molecule has 1 aromatic heterocycles. The van der Waals surface area contributed by atoms with Crippen LogP contribution in [0.1, 0.15) is 49.1 Å². The minimum absolute atomic E-state index is 0.00631. The maximum absolute atomic E-state index is 13.1. The lowest BCUT2D eigenvalue weighted by molar-refractivity contribution is -0.128. The zero-order valence-corrected chi connectivity index (χ0v) is 19.6. The number of carbonyl (C=O) groups excluding carboxylic acids is 3. The van der Waals surface area contributed by atoms with Crippen LogP contribution in [0.3, 0.4) is 0 Å². The summed E-state index contributed by atoms with van der Waals surface area (Å²) in [5.74, 6) is -0.548. The molecular weight excluding hydrogens is 430 g/mol. The van der Waals surface area contributed by atoms with Gasteiger partial charge in [-0.1, -0.05) is 43.5 Å². The lowest BCUT2D eigenvalue weighted by atomic mass is 10.1. The number of hydrogen-bond donors (Lipinski definition) is 1. The molecule has 1 atom stereocenters. The number of rotatable bonds is 9. The first-order chi connectivity index (χ1) is 15.3. The van der Waals surface area contributed by atoms with Crippen molar-refractivity contribution in [2.45, 2.75) is 38.6 Å². The van der Waals surface area contributed by atoms with Gasteiger partial charge in [0.15, 0.2) is 0 Å². The number of fused-ring (bicyclic) bond motifs is 1. The van der Waals surface area contributed by atoms with Gasteiger partial charge < -0.3 is 15.1 Å². The van der Waals surface area contributed by atoms with Gasteiger partial charge >= 0.3 is 0 Å². The summed E-state index contributed by atoms with van der Waals surface area (Å²) in [6.07, 6.45) is 3.13. The van der Waals surface area contributed by atoms with Gasteiger partial charge in [0.1, 0.15) is 5.69 Å². The molecule has 3 rings (SSSR count). The number of aromatic nitrogens is 2. The smallest absolute Gasteiger partial charge is 0.272 e. The molecule has 1 unspecified atom stereocenters. The maximum atomic E-state index is 13.1. The van der Waals surface area contributed by atoms with E-state index in [-0.39, 0.29) is 43.3 Å². The number of amides is 3. The van der Waals surface area contributed by atoms with Crippen LogP contribution < -0.4 is 5.32 Å². The second-order valence-corrected chi connectivity index (χ2v) is 8.67. The molecule has 172 valence electrons. The molecule has 2 aromatic rings. The maximum Gasteiger partial charge on any atom is 0.272 e. The number of nitrogens with zero attached hydrogens (tertiary/aromatic N) is 4. The fraction of sp³-hybridized carbons (Fsp3) is 0.478. The van der Waals surface area contributed by atoms with Crippen molar-refractivity contribution in [3.63, 3.8) is 0 Å². The quantitative estimate of drug-likeness (QED) is 0.624. The Kier molecular flexibility index (Phi) is 7.90. The lowest BCUT2D eigenvalue weighted by Crippen LogP contribution is -2.48. The first-order valence-corrected chi connectivity index (χ1v) is 11.3. The van der Waals surface area contributed by atoms with Crippen LogP contribution in [0.15, 0.2) is 30.3 Å². The molecule has 1 aliphatic heterocycles. The van der Waals surface area contributed by atoms with Crippen molar-refractivity contribution in [1.82, 2.24) is 24.9 Å². The summed E-state index contributed by atoms with van der Waals surface area (Å²) in [5.41, 5.74) is 2.08. The van der Waals surface area contributed by atoms with E-state index in [4.69, 9.17) is 16.7 Å². The highest BCUT2D eigenvalue weighted by Gasteiger charge is 2.33. The third kappa shape index (κ3) is 5.68. The molecule has 9 heteroatoms. The molecule has 2 heterocycles. The number of unbranched alkanes of at least 4 members (excludes halogenated alkanes) is 1. The average Bonchev–Trinajstić information content (AvgIpc) is 3.21. The third-order valence-electron chi connectivity index (χ3n) is 5.54. The predicted molar refractivity (Wildman–Crippen MR) is 123 cm³/mol. The van der Waals surface area contributed by atoms with Crippen LogP contribution in [-0.4, -0.2) is 71.0 Å². The van der Waals surface area contributed by atoms with E-state index < -0.39 is 0 Å². The molecule has 0 spiro atoms. The SMILES string of the molecule is CCCCC1CN(CC(=O)NCCC(=O)N(C)C)C(=O)c2cc(-c3ccc(Cl)cc3)nn21. The van der Waals surface area contributed by atoms with Gasteiger partial charge in [-0.3, -0.25) is 19.1 Å². The minimum Gasteiger partial charge on any atom is -0.354 e. The van der Waals surface area contributed by atoms with Gasteiger partial charge in [-0.15, -0.1) is 0 Å². The van der Waals surface area contributed by atoms with Crippen LogP contribution in [-0.2, 0) is 9.59 Å². The highest BCUT2D eigenvalue weighted by molar-refractivity contribution is 6.30. The van der Waals surface area contributed by atoms with E-state index >= 15 is 0 Å². The summed E-state index contributed by atoms with van der Waals surface area (Å²) in [4.78, 5) is 40.3. The van der Waals surface area contributed by atoms with E-state index in [1.807, 2.05) is 16.8 Å². The molecule has 32 heavy (non-hydrogen) atoms. The van der Waals surface area contributed by atoms with Crippen LogP contribution in [0.5, 0.6) is 0 Å². The topological polar surface area (TPSA) is 87.5 Å². The highest BCUT2D eigenvalue weighted by Crippen LogP contribution is 2.29. The third-order valence-corrected chi connectivity index (χ3v) is 5.80. The molecule has 1 aliphatic rings. The van der Waals surface area contributed by atoms with Crippen LogP contribution in [0, 0.1) is 0 Å². The van der Waals surface area contributed by atoms with Crippen LogP contribution in [0.4, 0.5) is 0 Å². The van der Waals surface area contributed by atoms with Crippen LogP contribution >= 0.6 is 11.6 Å². The van der Waals surface area contributed by atoms with Gasteiger partial charge in [0.2, 0.25) is 11.8 Å². The van der Waals surface area contributed by atoms with E-state index in [9.17, 15) is 14.4 Å². The first-order valence-electron chi connectivity index (χ1n) is 10.9. The van der Waals surface area contributed by atoms with Gasteiger partial charge in [-0.05, 0) is 24.6 Å². The summed E-state index contributed by atoms with van der Waals surface area (Å²) in [6.45, 7) is 2.75. The van der Waals surface area contributed by atoms with Gasteiger partial charge in [-0.25, -0.2) is 0 Å². The zero-order valence-electron chi connectivity index (χ0n) is 18.8. The van der Waals surface area contributed by atoms with E-state index in [0.29, 0.717) is 23.0 Å². The Balaban J connectivity index is 1.74. The van der Waals surface area contributed by atoms with E-state index in [0.717, 1.165) is 24.8 Å². The molecule has 1 aromatic carbocycles. The van der Waals surface area contributed by atoms with Crippen molar-refractivity contribution < 1.29 is 14.4 Å². The van der Waals surface area contributed by atoms with E-state index in [2.05, 4.69) is 12.2 Å². The Morgan fingerprint density at radius 3 is 2.62 bits per heavy atom. The zero-order chi connectivity index (χ0) is 23.3. The van der Waals surface area contributed by atoms with E-state index in [1.54, 1.807) is 37.2 Å². The summed E-state index contributed by atoms with van der Waals surface area (Å²) >= 11 is 5.99. The van der Waals surface area contributed by atoms with Gasteiger partial charge in [0.25, 0.3) is 5.91 Å². The second-order valence-electron chi connectivity index (χ2n) is 8.24. The van der Waals surface area contributed by atoms with Crippen LogP contribution in [0.2, 0.25) is 5.02 Å². The molecule has 0 saturated carbocycles. The van der Waals surface area contributed by atoms with Gasteiger partial charge in [0.05, 0.1) is 18.3 Å². The Hall–Kier alpha value is -2.87. The Morgan fingerprint density at radius 1 is 1.25 bits per heavy atom. The highest BCUT2D eigenvalue weighted by atomic mass is 35.5. The molecule has 0 bridgehead atoms. The molecule has 0 radical (unpaired) electrons. The molecule has 0 aliphatic carbocycles. The normalized spacial score (nSPS) is 15.4. The van der Waals surface area contributed by atoms with Gasteiger partial charge in [-0.2, -0.15) is 5.10 Å². The molecule has 3 amide bonds. The fourth-order valence-corrected chi connectivity index (χ4v) is 3.85. The van der Waals surface area contributed by atoms with Crippen molar-refractivity contribution in [2.75, 3.05) is 33.7 Å². The summed E-state index contributed by atoms with van der Waals surface area (Å²) in [5, 5.41) is 8.10. The average molecular weight is 460 g/mol. The van der Waals surface area contributed by atoms with Crippen molar-refractivity contribution in [1.29, 1.82) is 0 Å². The molecule has 1 N–H and O–H groups in total. The molecule has 0 saturated heterocycles. The Labute approximate surface area is 193 Å². The van der Waals surface area contributed by atoms with Gasteiger partial charge in [0, 0.05) is 44.2 Å². The molecule has 0 fully saturated rings. The number of carbonyl (C=O) groups is 3. The fourth-order valence-electron chi connectivity index (χ4n) is 3.72. The number of benzene rings is 1. The van der Waals surface area contributed by atoms with Crippen molar-refractivity contribution in [3.05, 3.63) is 41.0 Å². The summed E-state index contributed by atoms with van der Waals surface area (Å²) in [7, 11) is 3.35. The number of halogens is 1. The monoisotopic (exact) mass is 459 g/mol. The van der Waals surface area contributed by atoms with E-state index in [1.165, 1.54) is 4.90 Å². The lowest BCUT2D eigenvalue weighted by Gasteiger charge is -2.33. The molecule has 8 nitrogen and oxygen atoms in total. The van der Waals surface area contributed by atoms with Crippen molar-refractivity contribution in [2.24, 2.45) is 0 Å². The largest absolute Gasteiger partial charge is 0.354 e. The van der Waals surface area contributed by atoms with Crippen molar-refractivity contribution >= 4 is 29.3 Å². The summed E-state index contributed by atoms with van der Waals surface area (Å²) < 4.78 is 1.81. The Bertz CT molecular complexity index is 971. The van der Waals surface area contributed by atoms with Crippen LogP contribution in [0.25, 0.3) is 11.3 Å². The molecular formula is C23H30ClN5O3. The predicted octanol–water partition coefficient (Wildman–Crippen LogP) is 2.99. The standard InChI is InChI=1S/C23H30ClN5O3/c1-4-5-6-18-14-28(15-21(30)25-12-11-22(31)27(2)3)23(32)20-13-19(26-29(18)20)16-7-9-17(24)10-8-16/h7-10,13,18H,4-6,11-12,14-15H2,1-3H3,(H,25,30).